The Morgan fingerprint density at radius 2 is 1.85 bits per heavy atom. The van der Waals surface area contributed by atoms with Crippen LogP contribution in [0.15, 0.2) is 72.1 Å². The van der Waals surface area contributed by atoms with Crippen molar-refractivity contribution in [3.63, 3.8) is 0 Å². The molecule has 0 aliphatic carbocycles. The van der Waals surface area contributed by atoms with E-state index >= 15 is 0 Å². The van der Waals surface area contributed by atoms with E-state index in [1.165, 1.54) is 0 Å². The van der Waals surface area contributed by atoms with Gasteiger partial charge in [-0.3, -0.25) is 14.3 Å². The number of benzene rings is 2. The summed E-state index contributed by atoms with van der Waals surface area (Å²) in [5, 5.41) is 11.4. The van der Waals surface area contributed by atoms with Gasteiger partial charge in [0.25, 0.3) is 0 Å². The highest BCUT2D eigenvalue weighted by molar-refractivity contribution is 7.99. The van der Waals surface area contributed by atoms with Crippen LogP contribution in [-0.4, -0.2) is 31.4 Å². The molecule has 1 N–H and O–H groups in total. The average Bonchev–Trinajstić information content (AvgIpc) is 3.23. The number of nitrogens with zero attached hydrogens (tertiary/aromatic N) is 4. The number of alkyl halides is 3. The maximum atomic E-state index is 13.0. The fraction of sp³-hybridized carbons (Fsp3) is 0.130. The van der Waals surface area contributed by atoms with E-state index in [0.717, 1.165) is 46.8 Å². The van der Waals surface area contributed by atoms with Crippen molar-refractivity contribution in [2.75, 3.05) is 11.1 Å². The number of thioether (sulfide) groups is 1. The molecular weight excluding hydrogens is 487 g/mol. The summed E-state index contributed by atoms with van der Waals surface area (Å²) in [4.78, 5) is 16.6. The summed E-state index contributed by atoms with van der Waals surface area (Å²) < 4.78 is 40.8. The molecule has 2 aromatic heterocycles. The van der Waals surface area contributed by atoms with E-state index in [2.05, 4.69) is 20.5 Å². The largest absolute Gasteiger partial charge is 0.416 e. The summed E-state index contributed by atoms with van der Waals surface area (Å²) in [6.45, 7) is 1.96. The molecule has 1 amide bonds. The van der Waals surface area contributed by atoms with Crippen LogP contribution in [0, 0.1) is 6.92 Å². The van der Waals surface area contributed by atoms with Gasteiger partial charge in [-0.15, -0.1) is 10.2 Å². The summed E-state index contributed by atoms with van der Waals surface area (Å²) in [5.74, 6) is -0.0836. The number of nitrogens with one attached hydrogen (secondary N) is 1. The van der Waals surface area contributed by atoms with E-state index in [4.69, 9.17) is 11.6 Å². The topological polar surface area (TPSA) is 72.7 Å². The second kappa shape index (κ2) is 9.86. The van der Waals surface area contributed by atoms with Crippen molar-refractivity contribution in [2.24, 2.45) is 0 Å². The van der Waals surface area contributed by atoms with Crippen molar-refractivity contribution in [1.82, 2.24) is 19.7 Å². The zero-order valence-corrected chi connectivity index (χ0v) is 19.2. The van der Waals surface area contributed by atoms with Crippen molar-refractivity contribution in [3.8, 4) is 17.1 Å². The number of aryl methyl sites for hydroxylation is 1. The highest BCUT2D eigenvalue weighted by atomic mass is 35.5. The number of hydrogen-bond acceptors (Lipinski definition) is 5. The van der Waals surface area contributed by atoms with Gasteiger partial charge in [0.05, 0.1) is 22.0 Å². The third kappa shape index (κ3) is 5.40. The number of amides is 1. The third-order valence-corrected chi connectivity index (χ3v) is 5.99. The van der Waals surface area contributed by atoms with Crippen LogP contribution in [0.2, 0.25) is 5.02 Å². The van der Waals surface area contributed by atoms with Crippen molar-refractivity contribution in [2.45, 2.75) is 18.3 Å². The minimum absolute atomic E-state index is 0.00857. The molecule has 0 aliphatic heterocycles. The number of carbonyl (C=O) groups excluding carboxylic acids is 1. The van der Waals surface area contributed by atoms with Crippen molar-refractivity contribution < 1.29 is 18.0 Å². The van der Waals surface area contributed by atoms with Crippen LogP contribution in [0.25, 0.3) is 17.1 Å². The molecule has 0 spiro atoms. The molecule has 0 bridgehead atoms. The van der Waals surface area contributed by atoms with E-state index in [-0.39, 0.29) is 16.5 Å². The molecule has 11 heteroatoms. The lowest BCUT2D eigenvalue weighted by atomic mass is 10.2. The third-order valence-electron chi connectivity index (χ3n) is 4.73. The maximum Gasteiger partial charge on any atom is 0.416 e. The molecule has 0 saturated carbocycles. The molecule has 0 aliphatic rings. The quantitative estimate of drug-likeness (QED) is 0.325. The Morgan fingerprint density at radius 3 is 2.56 bits per heavy atom. The normalized spacial score (nSPS) is 11.4. The fourth-order valence-corrected chi connectivity index (χ4v) is 4.08. The molecule has 6 nitrogen and oxygen atoms in total. The molecule has 0 saturated heterocycles. The van der Waals surface area contributed by atoms with Gasteiger partial charge >= 0.3 is 6.18 Å². The van der Waals surface area contributed by atoms with Gasteiger partial charge in [0.1, 0.15) is 0 Å². The van der Waals surface area contributed by atoms with E-state index in [1.807, 2.05) is 35.8 Å². The predicted octanol–water partition coefficient (Wildman–Crippen LogP) is 6.04. The molecule has 2 heterocycles. The molecule has 4 rings (SSSR count). The van der Waals surface area contributed by atoms with Crippen LogP contribution in [-0.2, 0) is 11.0 Å². The Bertz CT molecular complexity index is 1330. The van der Waals surface area contributed by atoms with Crippen LogP contribution in [0.4, 0.5) is 18.9 Å². The number of rotatable bonds is 6. The second-order valence-electron chi connectivity index (χ2n) is 7.25. The zero-order valence-electron chi connectivity index (χ0n) is 17.7. The molecule has 0 unspecified atom stereocenters. The number of hydrogen-bond donors (Lipinski definition) is 1. The highest BCUT2D eigenvalue weighted by Gasteiger charge is 2.31. The monoisotopic (exact) mass is 503 g/mol. The molecule has 4 aromatic rings. The summed E-state index contributed by atoms with van der Waals surface area (Å²) in [5.41, 5.74) is 1.61. The Labute approximate surface area is 202 Å². The molecule has 0 fully saturated rings. The van der Waals surface area contributed by atoms with Gasteiger partial charge in [-0.05, 0) is 55.0 Å². The Morgan fingerprint density at radius 1 is 1.09 bits per heavy atom. The van der Waals surface area contributed by atoms with Gasteiger partial charge in [-0.1, -0.05) is 35.5 Å². The molecule has 174 valence electrons. The SMILES string of the molecule is Cc1cccc(-n2c(SCC(=O)Nc3cc(C(F)(F)F)ccc3Cl)nnc2-c2ccncc2)c1. The zero-order chi connectivity index (χ0) is 24.3. The lowest BCUT2D eigenvalue weighted by molar-refractivity contribution is -0.137. The van der Waals surface area contributed by atoms with Crippen LogP contribution in [0.3, 0.4) is 0 Å². The number of halogens is 4. The lowest BCUT2D eigenvalue weighted by Crippen LogP contribution is -2.16. The maximum absolute atomic E-state index is 13.0. The molecular formula is C23H17ClF3N5OS. The van der Waals surface area contributed by atoms with E-state index in [9.17, 15) is 18.0 Å². The van der Waals surface area contributed by atoms with Gasteiger partial charge in [-0.25, -0.2) is 0 Å². The van der Waals surface area contributed by atoms with E-state index < -0.39 is 17.6 Å². The molecule has 34 heavy (non-hydrogen) atoms. The highest BCUT2D eigenvalue weighted by Crippen LogP contribution is 2.34. The number of anilines is 1. The Balaban J connectivity index is 1.58. The van der Waals surface area contributed by atoms with Crippen LogP contribution >= 0.6 is 23.4 Å². The summed E-state index contributed by atoms with van der Waals surface area (Å²) in [6.07, 6.45) is -1.26. The smallest absolute Gasteiger partial charge is 0.324 e. The van der Waals surface area contributed by atoms with Gasteiger partial charge in [0.15, 0.2) is 11.0 Å². The average molecular weight is 504 g/mol. The summed E-state index contributed by atoms with van der Waals surface area (Å²) >= 11 is 7.08. The second-order valence-corrected chi connectivity index (χ2v) is 8.60. The Kier molecular flexibility index (Phi) is 6.90. The van der Waals surface area contributed by atoms with Gasteiger partial charge in [-0.2, -0.15) is 13.2 Å². The fourth-order valence-electron chi connectivity index (χ4n) is 3.16. The Hall–Kier alpha value is -3.37. The first-order valence-corrected chi connectivity index (χ1v) is 11.3. The van der Waals surface area contributed by atoms with Crippen LogP contribution in [0.5, 0.6) is 0 Å². The van der Waals surface area contributed by atoms with Crippen molar-refractivity contribution in [1.29, 1.82) is 0 Å². The van der Waals surface area contributed by atoms with E-state index in [0.29, 0.717) is 11.0 Å². The first-order chi connectivity index (χ1) is 16.2. The number of carbonyl (C=O) groups is 1. The van der Waals surface area contributed by atoms with Gasteiger partial charge < -0.3 is 5.32 Å². The predicted molar refractivity (Wildman–Crippen MR) is 125 cm³/mol. The van der Waals surface area contributed by atoms with Crippen LogP contribution in [0.1, 0.15) is 11.1 Å². The molecule has 0 radical (unpaired) electrons. The van der Waals surface area contributed by atoms with Gasteiger partial charge in [0.2, 0.25) is 5.91 Å². The first kappa shape index (κ1) is 23.8. The lowest BCUT2D eigenvalue weighted by Gasteiger charge is -2.12. The first-order valence-electron chi connectivity index (χ1n) is 9.94. The minimum Gasteiger partial charge on any atom is -0.324 e. The van der Waals surface area contributed by atoms with Crippen LogP contribution < -0.4 is 5.32 Å². The van der Waals surface area contributed by atoms with Crippen molar-refractivity contribution >= 4 is 35.0 Å². The minimum atomic E-state index is -4.55. The number of aromatic nitrogens is 4. The summed E-state index contributed by atoms with van der Waals surface area (Å²) in [6, 6.07) is 14.1. The molecule has 0 atom stereocenters. The van der Waals surface area contributed by atoms with Crippen molar-refractivity contribution in [3.05, 3.63) is 83.1 Å². The number of pyridine rings is 1. The summed E-state index contributed by atoms with van der Waals surface area (Å²) in [7, 11) is 0. The van der Waals surface area contributed by atoms with E-state index in [1.54, 1.807) is 24.5 Å². The standard InChI is InChI=1S/C23H17ClF3N5OS/c1-14-3-2-4-17(11-14)32-21(15-7-9-28-10-8-15)30-31-22(32)34-13-20(33)29-19-12-16(23(25,26)27)5-6-18(19)24/h2-12H,13H2,1H3,(H,29,33). The molecule has 2 aromatic carbocycles. The van der Waals surface area contributed by atoms with Gasteiger partial charge in [0, 0.05) is 23.6 Å².